The monoisotopic (exact) mass is 144 g/mol. The maximum atomic E-state index is 10.6. The SMILES string of the molecule is CC[C@]1(C(=O)O)CCCO1. The van der Waals surface area contributed by atoms with Gasteiger partial charge in [0.05, 0.1) is 0 Å². The number of hydrogen-bond acceptors (Lipinski definition) is 2. The second kappa shape index (κ2) is 2.58. The van der Waals surface area contributed by atoms with E-state index in [-0.39, 0.29) is 0 Å². The minimum Gasteiger partial charge on any atom is -0.479 e. The van der Waals surface area contributed by atoms with E-state index >= 15 is 0 Å². The third-order valence-electron chi connectivity index (χ3n) is 2.06. The topological polar surface area (TPSA) is 46.5 Å². The summed E-state index contributed by atoms with van der Waals surface area (Å²) in [6.07, 6.45) is 2.11. The van der Waals surface area contributed by atoms with Gasteiger partial charge in [0, 0.05) is 6.61 Å². The predicted molar refractivity (Wildman–Crippen MR) is 35.8 cm³/mol. The van der Waals surface area contributed by atoms with Crippen molar-refractivity contribution in [3.05, 3.63) is 0 Å². The molecule has 0 spiro atoms. The Morgan fingerprint density at radius 2 is 2.50 bits per heavy atom. The normalized spacial score (nSPS) is 32.5. The van der Waals surface area contributed by atoms with Gasteiger partial charge in [-0.15, -0.1) is 0 Å². The quantitative estimate of drug-likeness (QED) is 0.629. The van der Waals surface area contributed by atoms with E-state index in [0.717, 1.165) is 6.42 Å². The molecule has 10 heavy (non-hydrogen) atoms. The van der Waals surface area contributed by atoms with Crippen molar-refractivity contribution in [2.24, 2.45) is 0 Å². The summed E-state index contributed by atoms with van der Waals surface area (Å²) in [5, 5.41) is 8.74. The van der Waals surface area contributed by atoms with E-state index in [0.29, 0.717) is 19.4 Å². The molecule has 1 aliphatic rings. The lowest BCUT2D eigenvalue weighted by molar-refractivity contribution is -0.160. The highest BCUT2D eigenvalue weighted by Crippen LogP contribution is 2.28. The molecule has 1 rings (SSSR count). The van der Waals surface area contributed by atoms with Crippen molar-refractivity contribution in [3.63, 3.8) is 0 Å². The number of aliphatic carboxylic acids is 1. The van der Waals surface area contributed by atoms with Gasteiger partial charge < -0.3 is 9.84 Å². The third kappa shape index (κ3) is 1.01. The maximum Gasteiger partial charge on any atom is 0.335 e. The molecular formula is C7H12O3. The van der Waals surface area contributed by atoms with Crippen LogP contribution in [0.4, 0.5) is 0 Å². The molecule has 0 saturated carbocycles. The van der Waals surface area contributed by atoms with E-state index < -0.39 is 11.6 Å². The largest absolute Gasteiger partial charge is 0.479 e. The zero-order valence-electron chi connectivity index (χ0n) is 6.09. The van der Waals surface area contributed by atoms with Gasteiger partial charge in [-0.1, -0.05) is 6.92 Å². The second-order valence-corrected chi connectivity index (χ2v) is 2.61. The summed E-state index contributed by atoms with van der Waals surface area (Å²) >= 11 is 0. The van der Waals surface area contributed by atoms with Gasteiger partial charge in [0.15, 0.2) is 5.60 Å². The fraction of sp³-hybridized carbons (Fsp3) is 0.857. The van der Waals surface area contributed by atoms with Gasteiger partial charge in [-0.2, -0.15) is 0 Å². The standard InChI is InChI=1S/C7H12O3/c1-2-7(6(8)9)4-3-5-10-7/h2-5H2,1H3,(H,8,9)/t7-/m1/s1. The van der Waals surface area contributed by atoms with Crippen LogP contribution in [0.15, 0.2) is 0 Å². The van der Waals surface area contributed by atoms with E-state index in [1.165, 1.54) is 0 Å². The summed E-state index contributed by atoms with van der Waals surface area (Å²) in [4.78, 5) is 10.6. The zero-order chi connectivity index (χ0) is 7.61. The van der Waals surface area contributed by atoms with Crippen LogP contribution < -0.4 is 0 Å². The molecule has 1 heterocycles. The molecule has 0 unspecified atom stereocenters. The van der Waals surface area contributed by atoms with Gasteiger partial charge in [-0.3, -0.25) is 0 Å². The number of carboxylic acids is 1. The highest BCUT2D eigenvalue weighted by molar-refractivity contribution is 5.77. The van der Waals surface area contributed by atoms with Gasteiger partial charge in [0.2, 0.25) is 0 Å². The first kappa shape index (κ1) is 7.54. The third-order valence-corrected chi connectivity index (χ3v) is 2.06. The van der Waals surface area contributed by atoms with Gasteiger partial charge in [0.25, 0.3) is 0 Å². The van der Waals surface area contributed by atoms with Crippen molar-refractivity contribution < 1.29 is 14.6 Å². The Morgan fingerprint density at radius 1 is 1.80 bits per heavy atom. The lowest BCUT2D eigenvalue weighted by atomic mass is 9.97. The average Bonchev–Trinajstić information content (AvgIpc) is 2.35. The predicted octanol–water partition coefficient (Wildman–Crippen LogP) is 1.03. The molecule has 0 aromatic carbocycles. The Bertz CT molecular complexity index is 136. The van der Waals surface area contributed by atoms with Gasteiger partial charge in [0.1, 0.15) is 0 Å². The van der Waals surface area contributed by atoms with Crippen LogP contribution >= 0.6 is 0 Å². The molecule has 3 heteroatoms. The zero-order valence-corrected chi connectivity index (χ0v) is 6.09. The Labute approximate surface area is 60.0 Å². The molecule has 1 N–H and O–H groups in total. The van der Waals surface area contributed by atoms with E-state index in [1.807, 2.05) is 6.92 Å². The first-order valence-corrected chi connectivity index (χ1v) is 3.58. The second-order valence-electron chi connectivity index (χ2n) is 2.61. The van der Waals surface area contributed by atoms with Crippen LogP contribution in [0.25, 0.3) is 0 Å². The van der Waals surface area contributed by atoms with Crippen molar-refractivity contribution in [3.8, 4) is 0 Å². The summed E-state index contributed by atoms with van der Waals surface area (Å²) in [5.74, 6) is -0.813. The molecule has 0 aliphatic carbocycles. The number of carboxylic acid groups (broad SMARTS) is 1. The van der Waals surface area contributed by atoms with Crippen LogP contribution in [0.2, 0.25) is 0 Å². The van der Waals surface area contributed by atoms with E-state index in [2.05, 4.69) is 0 Å². The van der Waals surface area contributed by atoms with Crippen molar-refractivity contribution in [1.82, 2.24) is 0 Å². The Balaban J connectivity index is 2.67. The summed E-state index contributed by atoms with van der Waals surface area (Å²) in [5.41, 5.74) is -0.847. The molecule has 0 bridgehead atoms. The molecule has 1 saturated heterocycles. The van der Waals surface area contributed by atoms with Crippen LogP contribution in [0.5, 0.6) is 0 Å². The molecule has 3 nitrogen and oxygen atoms in total. The van der Waals surface area contributed by atoms with Crippen LogP contribution in [0.1, 0.15) is 26.2 Å². The van der Waals surface area contributed by atoms with Crippen molar-refractivity contribution in [1.29, 1.82) is 0 Å². The Hall–Kier alpha value is -0.570. The average molecular weight is 144 g/mol. The maximum absolute atomic E-state index is 10.6. The van der Waals surface area contributed by atoms with Gasteiger partial charge >= 0.3 is 5.97 Å². The number of carbonyl (C=O) groups is 1. The molecule has 0 aromatic rings. The molecular weight excluding hydrogens is 132 g/mol. The lowest BCUT2D eigenvalue weighted by Gasteiger charge is -2.20. The van der Waals surface area contributed by atoms with Gasteiger partial charge in [-0.25, -0.2) is 4.79 Å². The Morgan fingerprint density at radius 3 is 2.70 bits per heavy atom. The number of hydrogen-bond donors (Lipinski definition) is 1. The summed E-state index contributed by atoms with van der Waals surface area (Å²) in [6, 6.07) is 0. The van der Waals surface area contributed by atoms with E-state index in [1.54, 1.807) is 0 Å². The van der Waals surface area contributed by atoms with Crippen LogP contribution in [-0.2, 0) is 9.53 Å². The van der Waals surface area contributed by atoms with E-state index in [4.69, 9.17) is 9.84 Å². The Kier molecular flexibility index (Phi) is 1.94. The minimum absolute atomic E-state index is 0.572. The number of rotatable bonds is 2. The van der Waals surface area contributed by atoms with Crippen molar-refractivity contribution in [2.75, 3.05) is 6.61 Å². The fourth-order valence-corrected chi connectivity index (χ4v) is 1.30. The smallest absolute Gasteiger partial charge is 0.335 e. The molecule has 0 amide bonds. The molecule has 58 valence electrons. The highest BCUT2D eigenvalue weighted by atomic mass is 16.5. The minimum atomic E-state index is -0.847. The van der Waals surface area contributed by atoms with Crippen molar-refractivity contribution >= 4 is 5.97 Å². The summed E-state index contributed by atoms with van der Waals surface area (Å²) in [7, 11) is 0. The van der Waals surface area contributed by atoms with Gasteiger partial charge in [-0.05, 0) is 19.3 Å². The van der Waals surface area contributed by atoms with Crippen LogP contribution in [0, 0.1) is 0 Å². The number of ether oxygens (including phenoxy) is 1. The molecule has 1 fully saturated rings. The molecule has 1 atom stereocenters. The highest BCUT2D eigenvalue weighted by Gasteiger charge is 2.40. The van der Waals surface area contributed by atoms with Crippen molar-refractivity contribution in [2.45, 2.75) is 31.8 Å². The fourth-order valence-electron chi connectivity index (χ4n) is 1.30. The summed E-state index contributed by atoms with van der Waals surface area (Å²) < 4.78 is 5.15. The molecule has 0 aromatic heterocycles. The first-order chi connectivity index (χ1) is 4.71. The summed E-state index contributed by atoms with van der Waals surface area (Å²) in [6.45, 7) is 2.44. The van der Waals surface area contributed by atoms with E-state index in [9.17, 15) is 4.79 Å². The molecule has 1 aliphatic heterocycles. The first-order valence-electron chi connectivity index (χ1n) is 3.58. The lowest BCUT2D eigenvalue weighted by Crippen LogP contribution is -2.36. The van der Waals surface area contributed by atoms with Crippen LogP contribution in [-0.4, -0.2) is 23.3 Å². The van der Waals surface area contributed by atoms with Crippen LogP contribution in [0.3, 0.4) is 0 Å². The molecule has 0 radical (unpaired) electrons.